The first-order valence-corrected chi connectivity index (χ1v) is 2.38. The predicted molar refractivity (Wildman–Crippen MR) is 25.8 cm³/mol. The molecule has 0 saturated heterocycles. The molecule has 0 spiro atoms. The lowest BCUT2D eigenvalue weighted by molar-refractivity contribution is -0.283. The Bertz CT molecular complexity index is 153. The standard InChI is InChI=1S/C4H3F3N2O/c5-4(6,7)10-3-1-2-8-9-3/h8H,2H2. The third kappa shape index (κ3) is 2.12. The second-order valence-corrected chi connectivity index (χ2v) is 1.48. The smallest absolute Gasteiger partial charge is 0.390 e. The fourth-order valence-electron chi connectivity index (χ4n) is 0.435. The van der Waals surface area contributed by atoms with Crippen LogP contribution in [0.25, 0.3) is 0 Å². The van der Waals surface area contributed by atoms with Crippen molar-refractivity contribution in [3.05, 3.63) is 6.42 Å². The summed E-state index contributed by atoms with van der Waals surface area (Å²) in [6.45, 7) is 0.158. The van der Waals surface area contributed by atoms with Gasteiger partial charge >= 0.3 is 6.36 Å². The molecule has 0 bridgehead atoms. The van der Waals surface area contributed by atoms with Crippen LogP contribution in [0.15, 0.2) is 5.10 Å². The first-order valence-electron chi connectivity index (χ1n) is 2.38. The van der Waals surface area contributed by atoms with Crippen LogP contribution in [0.2, 0.25) is 0 Å². The molecule has 1 rings (SSSR count). The van der Waals surface area contributed by atoms with Crippen LogP contribution in [0.3, 0.4) is 0 Å². The molecule has 0 aromatic carbocycles. The molecule has 0 aromatic rings. The molecule has 10 heavy (non-hydrogen) atoms. The number of halogens is 3. The highest BCUT2D eigenvalue weighted by Crippen LogP contribution is 2.17. The van der Waals surface area contributed by atoms with Crippen LogP contribution in [-0.4, -0.2) is 18.8 Å². The normalized spacial score (nSPS) is 18.1. The topological polar surface area (TPSA) is 33.6 Å². The molecule has 0 aromatic heterocycles. The van der Waals surface area contributed by atoms with Crippen LogP contribution in [0.5, 0.6) is 0 Å². The van der Waals surface area contributed by atoms with Gasteiger partial charge in [0.1, 0.15) is 6.42 Å². The maximum atomic E-state index is 11.3. The van der Waals surface area contributed by atoms with Gasteiger partial charge in [-0.1, -0.05) is 0 Å². The molecule has 0 unspecified atom stereocenters. The van der Waals surface area contributed by atoms with E-state index in [9.17, 15) is 13.2 Å². The Balaban J connectivity index is 2.38. The summed E-state index contributed by atoms with van der Waals surface area (Å²) in [5, 5.41) is 3.13. The molecule has 6 heteroatoms. The fraction of sp³-hybridized carbons (Fsp3) is 0.500. The Morgan fingerprint density at radius 3 is 2.70 bits per heavy atom. The van der Waals surface area contributed by atoms with E-state index < -0.39 is 12.3 Å². The van der Waals surface area contributed by atoms with Gasteiger partial charge in [0, 0.05) is 6.54 Å². The van der Waals surface area contributed by atoms with Crippen molar-refractivity contribution in [2.24, 2.45) is 5.10 Å². The first kappa shape index (κ1) is 7.17. The summed E-state index contributed by atoms with van der Waals surface area (Å²) in [6, 6.07) is 0. The number of hydrogen-bond acceptors (Lipinski definition) is 3. The Kier molecular flexibility index (Phi) is 1.69. The van der Waals surface area contributed by atoms with E-state index in [1.807, 2.05) is 0 Å². The van der Waals surface area contributed by atoms with Gasteiger partial charge in [0.25, 0.3) is 0 Å². The number of ether oxygens (including phenoxy) is 1. The van der Waals surface area contributed by atoms with E-state index in [4.69, 9.17) is 0 Å². The van der Waals surface area contributed by atoms with Crippen molar-refractivity contribution in [2.75, 3.05) is 6.54 Å². The molecule has 2 radical (unpaired) electrons. The predicted octanol–water partition coefficient (Wildman–Crippen LogP) is 0.521. The lowest BCUT2D eigenvalue weighted by Gasteiger charge is -2.05. The second-order valence-electron chi connectivity index (χ2n) is 1.48. The van der Waals surface area contributed by atoms with Crippen molar-refractivity contribution in [1.29, 1.82) is 0 Å². The van der Waals surface area contributed by atoms with Crippen molar-refractivity contribution in [3.63, 3.8) is 0 Å². The Hall–Kier alpha value is -0.940. The highest BCUT2D eigenvalue weighted by atomic mass is 19.4. The highest BCUT2D eigenvalue weighted by molar-refractivity contribution is 5.86. The molecule has 1 N–H and O–H groups in total. The molecule has 1 heterocycles. The minimum absolute atomic E-state index is 0.158. The van der Waals surface area contributed by atoms with Crippen molar-refractivity contribution in [1.82, 2.24) is 5.43 Å². The summed E-state index contributed by atoms with van der Waals surface area (Å²) in [7, 11) is 0. The van der Waals surface area contributed by atoms with Crippen molar-refractivity contribution in [2.45, 2.75) is 6.36 Å². The fourth-order valence-corrected chi connectivity index (χ4v) is 0.435. The van der Waals surface area contributed by atoms with Gasteiger partial charge in [-0.25, -0.2) is 0 Å². The molecular weight excluding hydrogens is 149 g/mol. The molecule has 1 aliphatic rings. The lowest BCUT2D eigenvalue weighted by Crippen LogP contribution is -2.18. The minimum Gasteiger partial charge on any atom is -0.390 e. The number of hydrogen-bond donors (Lipinski definition) is 1. The minimum atomic E-state index is -4.67. The van der Waals surface area contributed by atoms with Crippen molar-refractivity contribution in [3.8, 4) is 0 Å². The van der Waals surface area contributed by atoms with E-state index >= 15 is 0 Å². The van der Waals surface area contributed by atoms with E-state index in [2.05, 4.69) is 21.7 Å². The Labute approximate surface area is 54.9 Å². The van der Waals surface area contributed by atoms with E-state index in [0.29, 0.717) is 0 Å². The number of hydrazone groups is 1. The molecule has 1 aliphatic heterocycles. The summed E-state index contributed by atoms with van der Waals surface area (Å²) < 4.78 is 37.4. The monoisotopic (exact) mass is 152 g/mol. The molecule has 0 saturated carbocycles. The zero-order chi connectivity index (χ0) is 7.61. The van der Waals surface area contributed by atoms with Gasteiger partial charge in [0.05, 0.1) is 0 Å². The number of rotatable bonds is 0. The van der Waals surface area contributed by atoms with Gasteiger partial charge in [-0.3, -0.25) is 0 Å². The van der Waals surface area contributed by atoms with Crippen molar-refractivity contribution < 1.29 is 17.9 Å². The molecule has 0 fully saturated rings. The summed E-state index contributed by atoms with van der Waals surface area (Å²) in [4.78, 5) is 0. The maximum Gasteiger partial charge on any atom is 0.574 e. The highest BCUT2D eigenvalue weighted by Gasteiger charge is 2.33. The average molecular weight is 152 g/mol. The summed E-state index contributed by atoms with van der Waals surface area (Å²) in [5.41, 5.74) is 2.25. The van der Waals surface area contributed by atoms with E-state index in [0.717, 1.165) is 0 Å². The van der Waals surface area contributed by atoms with Crippen LogP contribution in [0, 0.1) is 6.42 Å². The van der Waals surface area contributed by atoms with Gasteiger partial charge in [-0.05, 0) is 0 Å². The molecule has 56 valence electrons. The molecule has 0 atom stereocenters. The van der Waals surface area contributed by atoms with E-state index in [-0.39, 0.29) is 6.54 Å². The quantitative estimate of drug-likeness (QED) is 0.549. The van der Waals surface area contributed by atoms with E-state index in [1.165, 1.54) is 0 Å². The molecule has 0 aliphatic carbocycles. The van der Waals surface area contributed by atoms with Crippen LogP contribution in [0.4, 0.5) is 13.2 Å². The summed E-state index contributed by atoms with van der Waals surface area (Å²) >= 11 is 0. The number of nitrogens with one attached hydrogen (secondary N) is 1. The van der Waals surface area contributed by atoms with Gasteiger partial charge < -0.3 is 10.2 Å². The third-order valence-electron chi connectivity index (χ3n) is 0.712. The van der Waals surface area contributed by atoms with Crippen molar-refractivity contribution >= 4 is 5.90 Å². The summed E-state index contributed by atoms with van der Waals surface area (Å²) in [6.07, 6.45) is -2.46. The lowest BCUT2D eigenvalue weighted by atomic mass is 10.5. The molecule has 0 amide bonds. The second kappa shape index (κ2) is 2.36. The van der Waals surface area contributed by atoms with Gasteiger partial charge in [-0.15, -0.1) is 18.3 Å². The Morgan fingerprint density at radius 2 is 2.30 bits per heavy atom. The van der Waals surface area contributed by atoms with E-state index in [1.54, 1.807) is 0 Å². The van der Waals surface area contributed by atoms with Crippen LogP contribution in [-0.2, 0) is 4.74 Å². The third-order valence-corrected chi connectivity index (χ3v) is 0.712. The molecule has 3 nitrogen and oxygen atoms in total. The van der Waals surface area contributed by atoms with Crippen LogP contribution < -0.4 is 5.43 Å². The van der Waals surface area contributed by atoms with Crippen LogP contribution in [0.1, 0.15) is 0 Å². The molecular formula is C4H3F3N2O. The largest absolute Gasteiger partial charge is 0.574 e. The maximum absolute atomic E-state index is 11.3. The first-order chi connectivity index (χ1) is 4.58. The number of nitrogens with zero attached hydrogens (tertiary/aromatic N) is 1. The Morgan fingerprint density at radius 1 is 1.60 bits per heavy atom. The van der Waals surface area contributed by atoms with Crippen LogP contribution >= 0.6 is 0 Å². The zero-order valence-electron chi connectivity index (χ0n) is 4.70. The van der Waals surface area contributed by atoms with Gasteiger partial charge in [-0.2, -0.15) is 0 Å². The van der Waals surface area contributed by atoms with Gasteiger partial charge in [0.15, 0.2) is 0 Å². The zero-order valence-corrected chi connectivity index (χ0v) is 4.70. The number of alkyl halides is 3. The summed E-state index contributed by atoms with van der Waals surface area (Å²) in [5.74, 6) is -0.549. The average Bonchev–Trinajstić information content (AvgIpc) is 2.12. The SMILES string of the molecule is FC(F)(F)OC1=NNC[C]1. The van der Waals surface area contributed by atoms with Gasteiger partial charge in [0.2, 0.25) is 5.90 Å².